The molecule has 1 aliphatic carbocycles. The summed E-state index contributed by atoms with van der Waals surface area (Å²) in [7, 11) is 0. The van der Waals surface area contributed by atoms with Gasteiger partial charge < -0.3 is 10.2 Å². The van der Waals surface area contributed by atoms with Crippen molar-refractivity contribution >= 4 is 17.6 Å². The number of hydrogen-bond donors (Lipinski definition) is 1. The van der Waals surface area contributed by atoms with Crippen molar-refractivity contribution in [1.29, 1.82) is 0 Å². The van der Waals surface area contributed by atoms with Crippen LogP contribution in [0.2, 0.25) is 0 Å². The van der Waals surface area contributed by atoms with Crippen molar-refractivity contribution in [3.8, 4) is 0 Å². The number of unbranched alkanes of at least 4 members (excludes halogenated alkanes) is 1. The maximum Gasteiger partial charge on any atom is 0.425 e. The molecule has 158 valence electrons. The van der Waals surface area contributed by atoms with Gasteiger partial charge in [-0.1, -0.05) is 41.0 Å². The van der Waals surface area contributed by atoms with E-state index in [1.54, 1.807) is 27.7 Å². The average Bonchev–Trinajstić information content (AvgIpc) is 2.74. The van der Waals surface area contributed by atoms with E-state index in [-0.39, 0.29) is 37.4 Å². The zero-order chi connectivity index (χ0) is 21.5. The Morgan fingerprint density at radius 1 is 1.21 bits per heavy atom. The molecule has 0 radical (unpaired) electrons. The molecule has 0 saturated heterocycles. The number of allylic oxidation sites excluding steroid dienone is 1. The molecule has 0 fully saturated rings. The second-order valence-corrected chi connectivity index (χ2v) is 8.97. The maximum absolute atomic E-state index is 14.3. The highest BCUT2D eigenvalue weighted by molar-refractivity contribution is 6.13. The lowest BCUT2D eigenvalue weighted by molar-refractivity contribution is -0.194. The highest BCUT2D eigenvalue weighted by Gasteiger charge is 2.71. The first-order valence-electron chi connectivity index (χ1n) is 9.73. The van der Waals surface area contributed by atoms with Crippen molar-refractivity contribution in [3.05, 3.63) is 11.3 Å². The van der Waals surface area contributed by atoms with Crippen LogP contribution in [0.5, 0.6) is 0 Å². The summed E-state index contributed by atoms with van der Waals surface area (Å²) in [4.78, 5) is 39.3. The zero-order valence-electron chi connectivity index (χ0n) is 17.1. The monoisotopic (exact) mass is 402 g/mol. The minimum atomic E-state index is -5.12. The summed E-state index contributed by atoms with van der Waals surface area (Å²) in [6.45, 7) is 9.03. The number of ketones is 1. The van der Waals surface area contributed by atoms with E-state index in [1.165, 1.54) is 0 Å². The Hall–Kier alpha value is -1.86. The van der Waals surface area contributed by atoms with E-state index < -0.39 is 40.3 Å². The van der Waals surface area contributed by atoms with Crippen LogP contribution in [-0.2, 0) is 14.4 Å². The van der Waals surface area contributed by atoms with Gasteiger partial charge in [0, 0.05) is 25.1 Å². The molecule has 28 heavy (non-hydrogen) atoms. The first kappa shape index (κ1) is 22.4. The molecule has 0 bridgehead atoms. The van der Waals surface area contributed by atoms with Gasteiger partial charge in [-0.15, -0.1) is 0 Å². The Balaban J connectivity index is 2.65. The van der Waals surface area contributed by atoms with Gasteiger partial charge >= 0.3 is 6.18 Å². The van der Waals surface area contributed by atoms with Crippen molar-refractivity contribution in [1.82, 2.24) is 10.2 Å². The van der Waals surface area contributed by atoms with E-state index >= 15 is 0 Å². The largest absolute Gasteiger partial charge is 0.425 e. The van der Waals surface area contributed by atoms with Gasteiger partial charge in [0.25, 0.3) is 5.91 Å². The Kier molecular flexibility index (Phi) is 6.02. The van der Waals surface area contributed by atoms with Crippen LogP contribution in [0.15, 0.2) is 11.3 Å². The lowest BCUT2D eigenvalue weighted by Gasteiger charge is -2.35. The Labute approximate surface area is 163 Å². The van der Waals surface area contributed by atoms with Crippen molar-refractivity contribution in [2.24, 2.45) is 11.3 Å². The molecule has 0 unspecified atom stereocenters. The van der Waals surface area contributed by atoms with Gasteiger partial charge in [0.2, 0.25) is 11.4 Å². The summed E-state index contributed by atoms with van der Waals surface area (Å²) >= 11 is 0. The Morgan fingerprint density at radius 2 is 1.82 bits per heavy atom. The number of nitrogens with one attached hydrogen (secondary N) is 1. The molecule has 0 aromatic heterocycles. The molecule has 5 nitrogen and oxygen atoms in total. The van der Waals surface area contributed by atoms with Crippen LogP contribution in [0, 0.1) is 11.3 Å². The molecule has 1 aliphatic heterocycles. The molecule has 0 aromatic rings. The summed E-state index contributed by atoms with van der Waals surface area (Å²) in [5, 5.41) is 1.94. The van der Waals surface area contributed by atoms with Gasteiger partial charge in [-0.3, -0.25) is 14.4 Å². The van der Waals surface area contributed by atoms with Crippen LogP contribution in [0.3, 0.4) is 0 Å². The van der Waals surface area contributed by atoms with Crippen molar-refractivity contribution < 1.29 is 27.6 Å². The molecule has 2 amide bonds. The molecule has 0 spiro atoms. The lowest BCUT2D eigenvalue weighted by atomic mass is 9.72. The third kappa shape index (κ3) is 3.82. The summed E-state index contributed by atoms with van der Waals surface area (Å²) < 4.78 is 43.0. The number of alkyl halides is 3. The molecule has 1 N–H and O–H groups in total. The predicted octanol–water partition coefficient (Wildman–Crippen LogP) is 3.74. The number of hydrogen-bond acceptors (Lipinski definition) is 3. The SMILES string of the molecule is CCCCC(=O)N[C@]1(C(F)(F)F)C(=O)N(CC(C)C)C2=C1C(=O)CC(C)(C)C2. The predicted molar refractivity (Wildman–Crippen MR) is 98.1 cm³/mol. The highest BCUT2D eigenvalue weighted by atomic mass is 19.4. The lowest BCUT2D eigenvalue weighted by Crippen LogP contribution is -2.66. The van der Waals surface area contributed by atoms with E-state index in [0.29, 0.717) is 12.8 Å². The van der Waals surface area contributed by atoms with Crippen molar-refractivity contribution in [3.63, 3.8) is 0 Å². The van der Waals surface area contributed by atoms with Crippen LogP contribution in [0.4, 0.5) is 13.2 Å². The number of Topliss-reactive ketones (excluding diaryl/α,β-unsaturated/α-hetero) is 1. The first-order valence-corrected chi connectivity index (χ1v) is 9.73. The topological polar surface area (TPSA) is 66.5 Å². The number of carbonyl (C=O) groups is 3. The summed E-state index contributed by atoms with van der Waals surface area (Å²) in [5.41, 5.74) is -4.32. The molecule has 8 heteroatoms. The highest BCUT2D eigenvalue weighted by Crippen LogP contribution is 2.51. The fourth-order valence-corrected chi connectivity index (χ4v) is 3.99. The number of amides is 2. The fourth-order valence-electron chi connectivity index (χ4n) is 3.99. The van der Waals surface area contributed by atoms with E-state index in [1.807, 2.05) is 12.2 Å². The van der Waals surface area contributed by atoms with Gasteiger partial charge in [0.05, 0.1) is 5.57 Å². The standard InChI is InChI=1S/C20H29F3N2O3/c1-6-7-8-15(27)24-19(20(21,22)23)16-13(9-18(4,5)10-14(16)26)25(17(19)28)11-12(2)3/h12H,6-11H2,1-5H3,(H,24,27)/t19-/m0/s1. The van der Waals surface area contributed by atoms with Crippen LogP contribution >= 0.6 is 0 Å². The van der Waals surface area contributed by atoms with E-state index in [9.17, 15) is 27.6 Å². The molecular weight excluding hydrogens is 373 g/mol. The van der Waals surface area contributed by atoms with Crippen LogP contribution in [-0.4, -0.2) is 40.8 Å². The van der Waals surface area contributed by atoms with Crippen molar-refractivity contribution in [2.45, 2.75) is 78.4 Å². The second kappa shape index (κ2) is 7.52. The van der Waals surface area contributed by atoms with E-state index in [4.69, 9.17) is 0 Å². The Bertz CT molecular complexity index is 710. The molecule has 2 aliphatic rings. The molecule has 2 rings (SSSR count). The molecule has 0 saturated carbocycles. The summed E-state index contributed by atoms with van der Waals surface area (Å²) in [5.74, 6) is -2.96. The van der Waals surface area contributed by atoms with Crippen LogP contribution in [0.25, 0.3) is 0 Å². The van der Waals surface area contributed by atoms with E-state index in [2.05, 4.69) is 0 Å². The summed E-state index contributed by atoms with van der Waals surface area (Å²) in [6.07, 6.45) is -4.15. The minimum Gasteiger partial charge on any atom is -0.330 e. The molecule has 1 atom stereocenters. The number of rotatable bonds is 6. The quantitative estimate of drug-likeness (QED) is 0.736. The van der Waals surface area contributed by atoms with Gasteiger partial charge in [-0.05, 0) is 24.2 Å². The number of carbonyl (C=O) groups excluding carboxylic acids is 3. The van der Waals surface area contributed by atoms with Crippen LogP contribution in [0.1, 0.15) is 66.7 Å². The molecule has 0 aromatic carbocycles. The fraction of sp³-hybridized carbons (Fsp3) is 0.750. The van der Waals surface area contributed by atoms with E-state index in [0.717, 1.165) is 4.90 Å². The number of halogens is 3. The van der Waals surface area contributed by atoms with Gasteiger partial charge in [0.15, 0.2) is 5.78 Å². The third-order valence-corrected chi connectivity index (χ3v) is 5.18. The average molecular weight is 402 g/mol. The normalized spacial score (nSPS) is 24.8. The number of nitrogens with zero attached hydrogens (tertiary/aromatic N) is 1. The smallest absolute Gasteiger partial charge is 0.330 e. The zero-order valence-corrected chi connectivity index (χ0v) is 17.1. The second-order valence-electron chi connectivity index (χ2n) is 8.97. The van der Waals surface area contributed by atoms with Crippen LogP contribution < -0.4 is 5.32 Å². The maximum atomic E-state index is 14.3. The van der Waals surface area contributed by atoms with Crippen molar-refractivity contribution in [2.75, 3.05) is 6.54 Å². The van der Waals surface area contributed by atoms with Gasteiger partial charge in [0.1, 0.15) is 0 Å². The first-order chi connectivity index (χ1) is 12.8. The third-order valence-electron chi connectivity index (χ3n) is 5.18. The Morgan fingerprint density at radius 3 is 2.32 bits per heavy atom. The van der Waals surface area contributed by atoms with Gasteiger partial charge in [-0.25, -0.2) is 0 Å². The molecular formula is C20H29F3N2O3. The molecule has 1 heterocycles. The summed E-state index contributed by atoms with van der Waals surface area (Å²) in [6, 6.07) is 0. The minimum absolute atomic E-state index is 0.0592. The van der Waals surface area contributed by atoms with Gasteiger partial charge in [-0.2, -0.15) is 13.2 Å².